The lowest BCUT2D eigenvalue weighted by molar-refractivity contribution is -0.123. The van der Waals surface area contributed by atoms with Crippen molar-refractivity contribution in [2.75, 3.05) is 18.0 Å². The van der Waals surface area contributed by atoms with Gasteiger partial charge in [0.15, 0.2) is 0 Å². The topological polar surface area (TPSA) is 69.7 Å². The van der Waals surface area contributed by atoms with E-state index in [2.05, 4.69) is 5.32 Å². The van der Waals surface area contributed by atoms with Crippen LogP contribution in [0.15, 0.2) is 59.5 Å². The molecule has 0 unspecified atom stereocenters. The van der Waals surface area contributed by atoms with Crippen LogP contribution in [0.2, 0.25) is 0 Å². The number of benzene rings is 2. The Morgan fingerprint density at radius 1 is 1.03 bits per heavy atom. The number of nitrogens with zero attached hydrogens (tertiary/aromatic N) is 2. The first-order valence-electron chi connectivity index (χ1n) is 10.4. The summed E-state index contributed by atoms with van der Waals surface area (Å²) in [7, 11) is 0. The summed E-state index contributed by atoms with van der Waals surface area (Å²) >= 11 is 6.52. The van der Waals surface area contributed by atoms with Gasteiger partial charge in [-0.1, -0.05) is 72.5 Å². The van der Waals surface area contributed by atoms with Gasteiger partial charge in [-0.3, -0.25) is 24.2 Å². The van der Waals surface area contributed by atoms with Gasteiger partial charge in [-0.2, -0.15) is 0 Å². The largest absolute Gasteiger partial charge is 0.354 e. The standard InChI is InChI=1S/C24H23N3O3S2/c1-15(2)27-23(30)21(32-24(27)31)20-17-10-6-7-11-18(17)26(22(20)29)14-19(28)25-13-12-16-8-4-3-5-9-16/h3-11,15H,12-14H2,1-2H3,(H,25,28)/b21-20-. The van der Waals surface area contributed by atoms with Crippen molar-refractivity contribution in [1.29, 1.82) is 0 Å². The molecular formula is C24H23N3O3S2. The zero-order valence-corrected chi connectivity index (χ0v) is 19.5. The van der Waals surface area contributed by atoms with Crippen molar-refractivity contribution in [2.45, 2.75) is 26.3 Å². The SMILES string of the molecule is CC(C)N1C(=O)/C(=C2/C(=O)N(CC(=O)NCCc3ccccc3)c3ccccc32)SC1=S. The number of thiocarbonyl (C=S) groups is 1. The van der Waals surface area contributed by atoms with E-state index in [-0.39, 0.29) is 30.3 Å². The number of para-hydroxylation sites is 1. The van der Waals surface area contributed by atoms with E-state index in [4.69, 9.17) is 12.2 Å². The highest BCUT2D eigenvalue weighted by atomic mass is 32.2. The Kier molecular flexibility index (Phi) is 6.43. The summed E-state index contributed by atoms with van der Waals surface area (Å²) in [6.07, 6.45) is 0.708. The van der Waals surface area contributed by atoms with Crippen molar-refractivity contribution in [3.63, 3.8) is 0 Å². The maximum atomic E-state index is 13.4. The molecule has 2 aromatic carbocycles. The minimum atomic E-state index is -0.353. The molecule has 6 nitrogen and oxygen atoms in total. The highest BCUT2D eigenvalue weighted by Gasteiger charge is 2.42. The first-order valence-corrected chi connectivity index (χ1v) is 11.6. The van der Waals surface area contributed by atoms with Crippen molar-refractivity contribution in [2.24, 2.45) is 0 Å². The Labute approximate surface area is 196 Å². The van der Waals surface area contributed by atoms with Gasteiger partial charge in [0.25, 0.3) is 11.8 Å². The fourth-order valence-corrected chi connectivity index (χ4v) is 5.42. The van der Waals surface area contributed by atoms with Crippen LogP contribution in [0, 0.1) is 0 Å². The molecule has 2 aliphatic rings. The molecule has 1 N–H and O–H groups in total. The van der Waals surface area contributed by atoms with E-state index in [1.807, 2.05) is 56.3 Å². The van der Waals surface area contributed by atoms with Crippen LogP contribution >= 0.6 is 24.0 Å². The van der Waals surface area contributed by atoms with Gasteiger partial charge in [0, 0.05) is 18.2 Å². The molecule has 2 heterocycles. The third kappa shape index (κ3) is 4.20. The van der Waals surface area contributed by atoms with Crippen LogP contribution in [-0.4, -0.2) is 46.1 Å². The summed E-state index contributed by atoms with van der Waals surface area (Å²) < 4.78 is 0.440. The van der Waals surface area contributed by atoms with Crippen LogP contribution in [-0.2, 0) is 20.8 Å². The predicted molar refractivity (Wildman–Crippen MR) is 131 cm³/mol. The zero-order valence-electron chi connectivity index (χ0n) is 17.8. The third-order valence-electron chi connectivity index (χ3n) is 5.35. The molecule has 0 aromatic heterocycles. The fraction of sp³-hybridized carbons (Fsp3) is 0.250. The lowest BCUT2D eigenvalue weighted by Crippen LogP contribution is -2.39. The Morgan fingerprint density at radius 3 is 2.41 bits per heavy atom. The summed E-state index contributed by atoms with van der Waals surface area (Å²) in [5.41, 5.74) is 2.72. The molecule has 1 saturated heterocycles. The highest BCUT2D eigenvalue weighted by Crippen LogP contribution is 2.44. The molecule has 32 heavy (non-hydrogen) atoms. The molecule has 2 aromatic rings. The Balaban J connectivity index is 1.54. The lowest BCUT2D eigenvalue weighted by Gasteiger charge is -2.18. The van der Waals surface area contributed by atoms with Gasteiger partial charge >= 0.3 is 0 Å². The number of anilines is 1. The third-order valence-corrected chi connectivity index (χ3v) is 6.75. The molecule has 0 aliphatic carbocycles. The van der Waals surface area contributed by atoms with Gasteiger partial charge in [0.1, 0.15) is 10.9 Å². The second kappa shape index (κ2) is 9.26. The molecule has 2 aliphatic heterocycles. The molecule has 1 fully saturated rings. The van der Waals surface area contributed by atoms with Crippen LogP contribution in [0.5, 0.6) is 0 Å². The van der Waals surface area contributed by atoms with Crippen molar-refractivity contribution < 1.29 is 14.4 Å². The fourth-order valence-electron chi connectivity index (χ4n) is 3.82. The van der Waals surface area contributed by atoms with E-state index in [1.165, 1.54) is 9.80 Å². The Hall–Kier alpha value is -2.97. The van der Waals surface area contributed by atoms with Crippen molar-refractivity contribution >= 4 is 57.3 Å². The number of carbonyl (C=O) groups is 3. The lowest BCUT2D eigenvalue weighted by atomic mass is 10.1. The average molecular weight is 466 g/mol. The van der Waals surface area contributed by atoms with Gasteiger partial charge < -0.3 is 5.32 Å². The highest BCUT2D eigenvalue weighted by molar-refractivity contribution is 8.26. The van der Waals surface area contributed by atoms with Crippen LogP contribution in [0.3, 0.4) is 0 Å². The molecule has 0 atom stereocenters. The number of amides is 3. The van der Waals surface area contributed by atoms with Gasteiger partial charge in [-0.25, -0.2) is 0 Å². The molecule has 0 radical (unpaired) electrons. The van der Waals surface area contributed by atoms with Crippen molar-refractivity contribution in [1.82, 2.24) is 10.2 Å². The zero-order chi connectivity index (χ0) is 22.8. The average Bonchev–Trinajstić information content (AvgIpc) is 3.21. The molecular weight excluding hydrogens is 442 g/mol. The summed E-state index contributed by atoms with van der Waals surface area (Å²) in [5, 5.41) is 2.88. The quantitative estimate of drug-likeness (QED) is 0.523. The summed E-state index contributed by atoms with van der Waals surface area (Å²) in [4.78, 5) is 42.3. The second-order valence-corrected chi connectivity index (χ2v) is 9.48. The maximum Gasteiger partial charge on any atom is 0.267 e. The van der Waals surface area contributed by atoms with E-state index in [1.54, 1.807) is 12.1 Å². The monoisotopic (exact) mass is 465 g/mol. The Bertz CT molecular complexity index is 1130. The predicted octanol–water partition coefficient (Wildman–Crippen LogP) is 3.37. The van der Waals surface area contributed by atoms with Crippen LogP contribution in [0.4, 0.5) is 5.69 Å². The van der Waals surface area contributed by atoms with Crippen LogP contribution in [0.1, 0.15) is 25.0 Å². The van der Waals surface area contributed by atoms with Gasteiger partial charge in [-0.05, 0) is 31.9 Å². The molecule has 0 saturated carbocycles. The summed E-state index contributed by atoms with van der Waals surface area (Å²) in [6, 6.07) is 17.0. The number of hydrogen-bond donors (Lipinski definition) is 1. The molecule has 164 valence electrons. The van der Waals surface area contributed by atoms with E-state index >= 15 is 0 Å². The summed E-state index contributed by atoms with van der Waals surface area (Å²) in [6.45, 7) is 4.13. The molecule has 4 rings (SSSR count). The molecule has 0 spiro atoms. The van der Waals surface area contributed by atoms with Crippen LogP contribution < -0.4 is 10.2 Å². The number of rotatable bonds is 6. The second-order valence-electron chi connectivity index (χ2n) is 7.83. The normalized spacial score (nSPS) is 18.0. The van der Waals surface area contributed by atoms with Gasteiger partial charge in [-0.15, -0.1) is 0 Å². The van der Waals surface area contributed by atoms with Crippen molar-refractivity contribution in [3.05, 3.63) is 70.6 Å². The van der Waals surface area contributed by atoms with E-state index in [0.29, 0.717) is 39.0 Å². The molecule has 8 heteroatoms. The van der Waals surface area contributed by atoms with Gasteiger partial charge in [0.2, 0.25) is 5.91 Å². The van der Waals surface area contributed by atoms with Crippen molar-refractivity contribution in [3.8, 4) is 0 Å². The number of hydrogen-bond acceptors (Lipinski definition) is 5. The van der Waals surface area contributed by atoms with Crippen LogP contribution in [0.25, 0.3) is 5.57 Å². The van der Waals surface area contributed by atoms with E-state index in [0.717, 1.165) is 17.3 Å². The first-order chi connectivity index (χ1) is 15.4. The Morgan fingerprint density at radius 2 is 1.72 bits per heavy atom. The minimum absolute atomic E-state index is 0.0983. The smallest absolute Gasteiger partial charge is 0.267 e. The van der Waals surface area contributed by atoms with E-state index < -0.39 is 0 Å². The number of carbonyl (C=O) groups excluding carboxylic acids is 3. The maximum absolute atomic E-state index is 13.4. The van der Waals surface area contributed by atoms with E-state index in [9.17, 15) is 14.4 Å². The number of fused-ring (bicyclic) bond motifs is 1. The number of thioether (sulfide) groups is 1. The summed E-state index contributed by atoms with van der Waals surface area (Å²) in [5.74, 6) is -0.865. The molecule has 3 amide bonds. The number of nitrogens with one attached hydrogen (secondary N) is 1. The minimum Gasteiger partial charge on any atom is -0.354 e. The van der Waals surface area contributed by atoms with Gasteiger partial charge in [0.05, 0.1) is 16.2 Å². The molecule has 0 bridgehead atoms. The first kappa shape index (κ1) is 22.2.